The second-order valence-corrected chi connectivity index (χ2v) is 6.61. The number of urea groups is 1. The molecule has 0 aromatic heterocycles. The summed E-state index contributed by atoms with van der Waals surface area (Å²) in [6, 6.07) is -0.145. The minimum Gasteiger partial charge on any atom is -0.481 e. The van der Waals surface area contributed by atoms with Crippen molar-refractivity contribution in [3.8, 4) is 0 Å². The Balaban J connectivity index is 1.71. The van der Waals surface area contributed by atoms with Gasteiger partial charge in [-0.05, 0) is 44.4 Å². The number of aliphatic carboxylic acids is 1. The highest BCUT2D eigenvalue weighted by Crippen LogP contribution is 2.28. The van der Waals surface area contributed by atoms with Crippen LogP contribution in [0.2, 0.25) is 0 Å². The van der Waals surface area contributed by atoms with Crippen LogP contribution >= 0.6 is 0 Å². The zero-order chi connectivity index (χ0) is 15.2. The summed E-state index contributed by atoms with van der Waals surface area (Å²) >= 11 is 0. The number of amides is 2. The Bertz CT molecular complexity index is 365. The molecule has 0 spiro atoms. The second-order valence-electron chi connectivity index (χ2n) is 6.61. The molecule has 2 aliphatic rings. The molecule has 3 N–H and O–H groups in total. The van der Waals surface area contributed by atoms with Crippen LogP contribution in [0.5, 0.6) is 0 Å². The van der Waals surface area contributed by atoms with Gasteiger partial charge in [0, 0.05) is 12.1 Å². The van der Waals surface area contributed by atoms with Crippen LogP contribution in [0.1, 0.15) is 64.7 Å². The lowest BCUT2D eigenvalue weighted by Gasteiger charge is -2.29. The van der Waals surface area contributed by atoms with Crippen molar-refractivity contribution >= 4 is 12.0 Å². The van der Waals surface area contributed by atoms with E-state index >= 15 is 0 Å². The fourth-order valence-corrected chi connectivity index (χ4v) is 3.83. The first-order valence-corrected chi connectivity index (χ1v) is 8.40. The minimum atomic E-state index is -0.794. The van der Waals surface area contributed by atoms with E-state index in [1.807, 2.05) is 0 Å². The summed E-state index contributed by atoms with van der Waals surface area (Å²) < 4.78 is 0. The van der Waals surface area contributed by atoms with Crippen molar-refractivity contribution in [1.82, 2.24) is 10.6 Å². The molecule has 2 atom stereocenters. The molecule has 2 aliphatic carbocycles. The van der Waals surface area contributed by atoms with Crippen molar-refractivity contribution < 1.29 is 14.7 Å². The van der Waals surface area contributed by atoms with Crippen molar-refractivity contribution in [3.63, 3.8) is 0 Å². The van der Waals surface area contributed by atoms with E-state index in [0.29, 0.717) is 6.42 Å². The Morgan fingerprint density at radius 3 is 2.38 bits per heavy atom. The monoisotopic (exact) mass is 296 g/mol. The summed E-state index contributed by atoms with van der Waals surface area (Å²) in [5.41, 5.74) is 0. The first-order chi connectivity index (χ1) is 10.1. The molecule has 5 nitrogen and oxygen atoms in total. The van der Waals surface area contributed by atoms with E-state index in [1.54, 1.807) is 0 Å². The van der Waals surface area contributed by atoms with E-state index in [-0.39, 0.29) is 18.1 Å². The van der Waals surface area contributed by atoms with E-state index in [4.69, 9.17) is 5.11 Å². The van der Waals surface area contributed by atoms with E-state index in [9.17, 15) is 9.59 Å². The molecule has 2 fully saturated rings. The van der Waals surface area contributed by atoms with Gasteiger partial charge in [-0.25, -0.2) is 4.79 Å². The Morgan fingerprint density at radius 1 is 1.05 bits per heavy atom. The summed E-state index contributed by atoms with van der Waals surface area (Å²) in [5.74, 6) is -0.392. The van der Waals surface area contributed by atoms with Crippen LogP contribution in [-0.4, -0.2) is 29.2 Å². The molecule has 2 rings (SSSR count). The molecule has 21 heavy (non-hydrogen) atoms. The maximum absolute atomic E-state index is 12.0. The molecule has 0 saturated heterocycles. The van der Waals surface area contributed by atoms with E-state index in [0.717, 1.165) is 31.6 Å². The van der Waals surface area contributed by atoms with Crippen molar-refractivity contribution in [2.24, 2.45) is 11.8 Å². The molecule has 2 unspecified atom stereocenters. The number of carbonyl (C=O) groups excluding carboxylic acids is 1. The van der Waals surface area contributed by atoms with Crippen LogP contribution in [0.25, 0.3) is 0 Å². The van der Waals surface area contributed by atoms with E-state index < -0.39 is 11.9 Å². The third-order valence-corrected chi connectivity index (χ3v) is 5.03. The number of carbonyl (C=O) groups is 2. The normalized spacial score (nSPS) is 32.6. The van der Waals surface area contributed by atoms with Crippen molar-refractivity contribution in [1.29, 1.82) is 0 Å². The molecular weight excluding hydrogens is 268 g/mol. The molecule has 0 bridgehead atoms. The SMILES string of the molecule is CCCC1CCC(NC(=O)NC2CCCC2C(=O)O)CC1. The molecule has 0 heterocycles. The van der Waals surface area contributed by atoms with Crippen LogP contribution in [0.15, 0.2) is 0 Å². The number of rotatable bonds is 5. The van der Waals surface area contributed by atoms with E-state index in [2.05, 4.69) is 17.6 Å². The van der Waals surface area contributed by atoms with Crippen LogP contribution in [-0.2, 0) is 4.79 Å². The fourth-order valence-electron chi connectivity index (χ4n) is 3.83. The lowest BCUT2D eigenvalue weighted by Crippen LogP contribution is -2.49. The average Bonchev–Trinajstić information content (AvgIpc) is 2.89. The van der Waals surface area contributed by atoms with Gasteiger partial charge in [-0.2, -0.15) is 0 Å². The standard InChI is InChI=1S/C16H28N2O3/c1-2-4-11-7-9-12(10-8-11)17-16(21)18-14-6-3-5-13(14)15(19)20/h11-14H,2-10H2,1H3,(H,19,20)(H2,17,18,21). The minimum absolute atomic E-state index is 0.188. The molecule has 0 aromatic carbocycles. The molecule has 2 amide bonds. The number of hydrogen-bond donors (Lipinski definition) is 3. The summed E-state index contributed by atoms with van der Waals surface area (Å²) in [4.78, 5) is 23.1. The van der Waals surface area contributed by atoms with E-state index in [1.165, 1.54) is 25.7 Å². The Kier molecular flexibility index (Phi) is 5.88. The highest BCUT2D eigenvalue weighted by atomic mass is 16.4. The van der Waals surface area contributed by atoms with Crippen LogP contribution < -0.4 is 10.6 Å². The topological polar surface area (TPSA) is 78.4 Å². The van der Waals surface area contributed by atoms with Gasteiger partial charge in [0.2, 0.25) is 0 Å². The van der Waals surface area contributed by atoms with Crippen LogP contribution in [0, 0.1) is 11.8 Å². The molecule has 120 valence electrons. The quantitative estimate of drug-likeness (QED) is 0.730. The smallest absolute Gasteiger partial charge is 0.315 e. The van der Waals surface area contributed by atoms with Gasteiger partial charge in [0.25, 0.3) is 0 Å². The highest BCUT2D eigenvalue weighted by molar-refractivity contribution is 5.77. The maximum atomic E-state index is 12.0. The molecule has 5 heteroatoms. The summed E-state index contributed by atoms with van der Waals surface area (Å²) in [5, 5.41) is 15.0. The van der Waals surface area contributed by atoms with Gasteiger partial charge in [-0.15, -0.1) is 0 Å². The Labute approximate surface area is 126 Å². The molecule has 0 radical (unpaired) electrons. The second kappa shape index (κ2) is 7.66. The van der Waals surface area contributed by atoms with Gasteiger partial charge in [0.1, 0.15) is 0 Å². The third kappa shape index (κ3) is 4.61. The first-order valence-electron chi connectivity index (χ1n) is 8.40. The van der Waals surface area contributed by atoms with Crippen molar-refractivity contribution in [2.45, 2.75) is 76.8 Å². The predicted molar refractivity (Wildman–Crippen MR) is 81.1 cm³/mol. The van der Waals surface area contributed by atoms with Crippen molar-refractivity contribution in [3.05, 3.63) is 0 Å². The van der Waals surface area contributed by atoms with Gasteiger partial charge >= 0.3 is 12.0 Å². The van der Waals surface area contributed by atoms with Gasteiger partial charge in [-0.1, -0.05) is 26.2 Å². The Hall–Kier alpha value is -1.26. The predicted octanol–water partition coefficient (Wildman–Crippen LogP) is 2.90. The number of hydrogen-bond acceptors (Lipinski definition) is 2. The summed E-state index contributed by atoms with van der Waals surface area (Å²) in [6.45, 7) is 2.22. The lowest BCUT2D eigenvalue weighted by atomic mass is 9.83. The summed E-state index contributed by atoms with van der Waals surface area (Å²) in [7, 11) is 0. The van der Waals surface area contributed by atoms with Gasteiger partial charge in [-0.3, -0.25) is 4.79 Å². The first kappa shape index (κ1) is 16.1. The largest absolute Gasteiger partial charge is 0.481 e. The third-order valence-electron chi connectivity index (χ3n) is 5.03. The maximum Gasteiger partial charge on any atom is 0.315 e. The van der Waals surface area contributed by atoms with Gasteiger partial charge in [0.15, 0.2) is 0 Å². The van der Waals surface area contributed by atoms with Crippen LogP contribution in [0.4, 0.5) is 4.79 Å². The zero-order valence-electron chi connectivity index (χ0n) is 12.9. The van der Waals surface area contributed by atoms with Crippen LogP contribution in [0.3, 0.4) is 0 Å². The molecule has 0 aromatic rings. The van der Waals surface area contributed by atoms with Gasteiger partial charge in [0.05, 0.1) is 5.92 Å². The average molecular weight is 296 g/mol. The lowest BCUT2D eigenvalue weighted by molar-refractivity contribution is -0.142. The number of carboxylic acids is 1. The summed E-state index contributed by atoms with van der Waals surface area (Å²) in [6.07, 6.45) is 9.33. The van der Waals surface area contributed by atoms with Crippen molar-refractivity contribution in [2.75, 3.05) is 0 Å². The zero-order valence-corrected chi connectivity index (χ0v) is 12.9. The molecule has 0 aliphatic heterocycles. The fraction of sp³-hybridized carbons (Fsp3) is 0.875. The molecule has 2 saturated carbocycles. The number of nitrogens with one attached hydrogen (secondary N) is 2. The number of carboxylic acid groups (broad SMARTS) is 1. The van der Waals surface area contributed by atoms with Gasteiger partial charge < -0.3 is 15.7 Å². The Morgan fingerprint density at radius 2 is 1.76 bits per heavy atom. The highest BCUT2D eigenvalue weighted by Gasteiger charge is 2.34. The molecular formula is C16H28N2O3.